The summed E-state index contributed by atoms with van der Waals surface area (Å²) in [4.78, 5) is 9.82. The van der Waals surface area contributed by atoms with Gasteiger partial charge in [-0.3, -0.25) is 4.98 Å². The Bertz CT molecular complexity index is 1250. The second-order valence-corrected chi connectivity index (χ2v) is 6.82. The fourth-order valence-corrected chi connectivity index (χ4v) is 3.47. The Morgan fingerprint density at radius 3 is 2.83 bits per heavy atom. The zero-order valence-electron chi connectivity index (χ0n) is 16.3. The van der Waals surface area contributed by atoms with Crippen LogP contribution in [0.2, 0.25) is 0 Å². The summed E-state index contributed by atoms with van der Waals surface area (Å²) in [5.41, 5.74) is 6.67. The Hall–Kier alpha value is -3.91. The van der Waals surface area contributed by atoms with E-state index in [2.05, 4.69) is 58.9 Å². The number of oxime groups is 1. The molecule has 0 saturated heterocycles. The smallest absolute Gasteiger partial charge is 0.143 e. The molecule has 0 saturated carbocycles. The molecule has 0 amide bonds. The quantitative estimate of drug-likeness (QED) is 0.359. The van der Waals surface area contributed by atoms with E-state index in [1.54, 1.807) is 18.5 Å². The van der Waals surface area contributed by atoms with Crippen LogP contribution in [0.15, 0.2) is 72.0 Å². The molecule has 0 spiro atoms. The molecule has 4 aromatic rings. The van der Waals surface area contributed by atoms with Gasteiger partial charge in [-0.2, -0.15) is 5.26 Å². The molecular formula is C24H20N4O. The van der Waals surface area contributed by atoms with E-state index < -0.39 is 0 Å². The molecule has 0 aliphatic heterocycles. The van der Waals surface area contributed by atoms with Crippen LogP contribution < -0.4 is 0 Å². The first kappa shape index (κ1) is 18.5. The van der Waals surface area contributed by atoms with Crippen molar-refractivity contribution in [2.24, 2.45) is 5.16 Å². The molecule has 0 unspecified atom stereocenters. The predicted octanol–water partition coefficient (Wildman–Crippen LogP) is 5.06. The SMILES string of the molecule is Cc1cc(/C=N\OCc2ccccc2C#N)c(C)n1-c1ccc2ncccc2c1. The summed E-state index contributed by atoms with van der Waals surface area (Å²) < 4.78 is 2.19. The van der Waals surface area contributed by atoms with E-state index in [4.69, 9.17) is 10.1 Å². The van der Waals surface area contributed by atoms with E-state index in [0.717, 1.165) is 39.1 Å². The van der Waals surface area contributed by atoms with Gasteiger partial charge in [-0.1, -0.05) is 29.4 Å². The number of aromatic nitrogens is 2. The van der Waals surface area contributed by atoms with Gasteiger partial charge in [0.15, 0.2) is 0 Å². The molecule has 29 heavy (non-hydrogen) atoms. The highest BCUT2D eigenvalue weighted by Crippen LogP contribution is 2.23. The molecule has 2 heterocycles. The molecule has 0 radical (unpaired) electrons. The molecule has 0 fully saturated rings. The van der Waals surface area contributed by atoms with Crippen LogP contribution in [-0.4, -0.2) is 15.8 Å². The van der Waals surface area contributed by atoms with E-state index in [0.29, 0.717) is 5.56 Å². The van der Waals surface area contributed by atoms with Gasteiger partial charge in [0.2, 0.25) is 0 Å². The lowest BCUT2D eigenvalue weighted by molar-refractivity contribution is 0.132. The molecule has 0 aliphatic carbocycles. The number of hydrogen-bond acceptors (Lipinski definition) is 4. The zero-order chi connectivity index (χ0) is 20.2. The molecule has 0 bridgehead atoms. The van der Waals surface area contributed by atoms with Crippen LogP contribution in [-0.2, 0) is 11.4 Å². The van der Waals surface area contributed by atoms with Gasteiger partial charge in [0.25, 0.3) is 0 Å². The largest absolute Gasteiger partial charge is 0.391 e. The lowest BCUT2D eigenvalue weighted by atomic mass is 10.1. The van der Waals surface area contributed by atoms with Gasteiger partial charge >= 0.3 is 0 Å². The van der Waals surface area contributed by atoms with Gasteiger partial charge in [-0.25, -0.2) is 0 Å². The van der Waals surface area contributed by atoms with Gasteiger partial charge in [-0.05, 0) is 50.2 Å². The fraction of sp³-hybridized carbons (Fsp3) is 0.125. The molecule has 5 nitrogen and oxygen atoms in total. The summed E-state index contributed by atoms with van der Waals surface area (Å²) in [7, 11) is 0. The molecule has 142 valence electrons. The fourth-order valence-electron chi connectivity index (χ4n) is 3.47. The van der Waals surface area contributed by atoms with Crippen molar-refractivity contribution in [3.8, 4) is 11.8 Å². The first-order valence-corrected chi connectivity index (χ1v) is 9.35. The molecule has 2 aromatic carbocycles. The minimum absolute atomic E-state index is 0.261. The van der Waals surface area contributed by atoms with E-state index in [9.17, 15) is 0 Å². The molecular weight excluding hydrogens is 360 g/mol. The average Bonchev–Trinajstić information content (AvgIpc) is 3.04. The van der Waals surface area contributed by atoms with Crippen LogP contribution in [0.3, 0.4) is 0 Å². The van der Waals surface area contributed by atoms with Crippen LogP contribution in [0.1, 0.15) is 28.1 Å². The number of rotatable bonds is 5. The molecule has 4 rings (SSSR count). The summed E-state index contributed by atoms with van der Waals surface area (Å²) in [5, 5.41) is 14.4. The van der Waals surface area contributed by atoms with Gasteiger partial charge in [0.05, 0.1) is 23.4 Å². The molecule has 2 aromatic heterocycles. The highest BCUT2D eigenvalue weighted by Gasteiger charge is 2.10. The Morgan fingerprint density at radius 1 is 1.10 bits per heavy atom. The first-order valence-electron chi connectivity index (χ1n) is 9.35. The average molecular weight is 380 g/mol. The van der Waals surface area contributed by atoms with Crippen molar-refractivity contribution >= 4 is 17.1 Å². The maximum atomic E-state index is 9.15. The summed E-state index contributed by atoms with van der Waals surface area (Å²) >= 11 is 0. The highest BCUT2D eigenvalue weighted by atomic mass is 16.6. The third-order valence-corrected chi connectivity index (χ3v) is 4.94. The third kappa shape index (κ3) is 3.74. The van der Waals surface area contributed by atoms with Crippen LogP contribution in [0.4, 0.5) is 0 Å². The lowest BCUT2D eigenvalue weighted by Crippen LogP contribution is -2.00. The van der Waals surface area contributed by atoms with Crippen molar-refractivity contribution in [2.75, 3.05) is 0 Å². The second kappa shape index (κ2) is 7.99. The maximum absolute atomic E-state index is 9.15. The van der Waals surface area contributed by atoms with Crippen LogP contribution in [0.25, 0.3) is 16.6 Å². The monoisotopic (exact) mass is 380 g/mol. The van der Waals surface area contributed by atoms with E-state index in [1.165, 1.54) is 0 Å². The number of nitriles is 1. The van der Waals surface area contributed by atoms with Gasteiger partial charge in [0.1, 0.15) is 6.61 Å². The number of pyridine rings is 1. The predicted molar refractivity (Wildman–Crippen MR) is 114 cm³/mol. The van der Waals surface area contributed by atoms with Gasteiger partial charge < -0.3 is 9.40 Å². The zero-order valence-corrected chi connectivity index (χ0v) is 16.3. The minimum atomic E-state index is 0.261. The normalized spacial score (nSPS) is 11.1. The van der Waals surface area contributed by atoms with Crippen molar-refractivity contribution in [2.45, 2.75) is 20.5 Å². The Balaban J connectivity index is 1.55. The number of aryl methyl sites for hydroxylation is 1. The Kier molecular flexibility index (Phi) is 5.08. The van der Waals surface area contributed by atoms with Crippen molar-refractivity contribution in [1.82, 2.24) is 9.55 Å². The summed E-state index contributed by atoms with van der Waals surface area (Å²) in [6, 6.07) is 21.9. The third-order valence-electron chi connectivity index (χ3n) is 4.94. The van der Waals surface area contributed by atoms with E-state index in [-0.39, 0.29) is 6.61 Å². The molecule has 0 aliphatic rings. The topological polar surface area (TPSA) is 63.2 Å². The number of benzene rings is 2. The van der Waals surface area contributed by atoms with Crippen molar-refractivity contribution in [3.63, 3.8) is 0 Å². The Morgan fingerprint density at radius 2 is 1.97 bits per heavy atom. The van der Waals surface area contributed by atoms with Crippen molar-refractivity contribution < 1.29 is 4.84 Å². The van der Waals surface area contributed by atoms with Gasteiger partial charge in [0, 0.05) is 39.8 Å². The summed E-state index contributed by atoms with van der Waals surface area (Å²) in [6.45, 7) is 4.39. The maximum Gasteiger partial charge on any atom is 0.143 e. The van der Waals surface area contributed by atoms with Crippen molar-refractivity contribution in [1.29, 1.82) is 5.26 Å². The number of hydrogen-bond donors (Lipinski definition) is 0. The van der Waals surface area contributed by atoms with Crippen LogP contribution in [0.5, 0.6) is 0 Å². The van der Waals surface area contributed by atoms with Crippen LogP contribution >= 0.6 is 0 Å². The standard InChI is InChI=1S/C24H20N4O/c1-17-12-22(15-27-29-16-21-7-4-3-6-20(21)14-25)18(2)28(17)23-9-10-24-19(13-23)8-5-11-26-24/h3-13,15H,16H2,1-2H3/b27-15-. The lowest BCUT2D eigenvalue weighted by Gasteiger charge is -2.10. The van der Waals surface area contributed by atoms with Crippen molar-refractivity contribution in [3.05, 3.63) is 94.9 Å². The molecule has 0 N–H and O–H groups in total. The Labute approximate surface area is 169 Å². The van der Waals surface area contributed by atoms with E-state index in [1.807, 2.05) is 30.3 Å². The number of nitrogens with zero attached hydrogens (tertiary/aromatic N) is 4. The highest BCUT2D eigenvalue weighted by molar-refractivity contribution is 5.83. The first-order chi connectivity index (χ1) is 14.2. The summed E-state index contributed by atoms with van der Waals surface area (Å²) in [5.74, 6) is 0. The number of fused-ring (bicyclic) bond motifs is 1. The minimum Gasteiger partial charge on any atom is -0.391 e. The molecule has 5 heteroatoms. The molecule has 0 atom stereocenters. The second-order valence-electron chi connectivity index (χ2n) is 6.82. The van der Waals surface area contributed by atoms with Crippen LogP contribution in [0, 0.1) is 25.2 Å². The van der Waals surface area contributed by atoms with E-state index >= 15 is 0 Å². The summed E-state index contributed by atoms with van der Waals surface area (Å²) in [6.07, 6.45) is 3.52. The van der Waals surface area contributed by atoms with Gasteiger partial charge in [-0.15, -0.1) is 0 Å².